The second-order valence-corrected chi connectivity index (χ2v) is 5.92. The predicted molar refractivity (Wildman–Crippen MR) is 90.9 cm³/mol. The van der Waals surface area contributed by atoms with Crippen molar-refractivity contribution in [1.29, 1.82) is 0 Å². The molecular weight excluding hydrogens is 359 g/mol. The quantitative estimate of drug-likeness (QED) is 0.874. The third kappa shape index (κ3) is 4.64. The van der Waals surface area contributed by atoms with Crippen LogP contribution >= 0.6 is 12.4 Å². The molecule has 1 heterocycles. The van der Waals surface area contributed by atoms with E-state index >= 15 is 0 Å². The van der Waals surface area contributed by atoms with Gasteiger partial charge in [0, 0.05) is 43.9 Å². The summed E-state index contributed by atoms with van der Waals surface area (Å²) in [6.07, 6.45) is -3.72. The number of hydrogen-bond donors (Lipinski definition) is 1. The monoisotopic (exact) mass is 379 g/mol. The molecule has 25 heavy (non-hydrogen) atoms. The third-order valence-corrected chi connectivity index (χ3v) is 4.20. The molecule has 1 fully saturated rings. The fourth-order valence-corrected chi connectivity index (χ4v) is 2.54. The maximum absolute atomic E-state index is 13.2. The summed E-state index contributed by atoms with van der Waals surface area (Å²) in [7, 11) is 1.49. The molecule has 1 aliphatic rings. The average Bonchev–Trinajstić information content (AvgIpc) is 2.97. The van der Waals surface area contributed by atoms with Crippen LogP contribution in [0.4, 0.5) is 18.9 Å². The Morgan fingerprint density at radius 2 is 2.00 bits per heavy atom. The van der Waals surface area contributed by atoms with Gasteiger partial charge in [-0.15, -0.1) is 12.4 Å². The van der Waals surface area contributed by atoms with E-state index in [-0.39, 0.29) is 42.2 Å². The van der Waals surface area contributed by atoms with Crippen molar-refractivity contribution < 1.29 is 22.8 Å². The number of hydrogen-bond acceptors (Lipinski definition) is 3. The molecule has 1 aromatic rings. The fourth-order valence-electron chi connectivity index (χ4n) is 2.54. The number of likely N-dealkylation sites (N-methyl/N-ethyl adjacent to an activating group) is 1. The highest BCUT2D eigenvalue weighted by atomic mass is 35.5. The van der Waals surface area contributed by atoms with Gasteiger partial charge in [-0.2, -0.15) is 13.2 Å². The standard InChI is InChI=1S/C16H20F3N3O2.ClH/c1-10(9-20)21(2)15(24)11-6-12(16(17,18)19)8-13(7-11)22-5-3-4-14(22)23;/h6-8,10H,3-5,9,20H2,1-2H3;1H. The summed E-state index contributed by atoms with van der Waals surface area (Å²) in [6, 6.07) is 2.74. The Hall–Kier alpha value is -1.80. The Labute approximate surface area is 150 Å². The van der Waals surface area contributed by atoms with Gasteiger partial charge in [-0.05, 0) is 31.5 Å². The first-order chi connectivity index (χ1) is 11.1. The number of nitrogens with two attached hydrogens (primary N) is 1. The summed E-state index contributed by atoms with van der Waals surface area (Å²) in [5.74, 6) is -0.802. The molecular formula is C16H21ClF3N3O2. The first kappa shape index (κ1) is 21.2. The lowest BCUT2D eigenvalue weighted by Crippen LogP contribution is -2.39. The molecule has 0 aromatic heterocycles. The Kier molecular flexibility index (Phi) is 6.84. The van der Waals surface area contributed by atoms with E-state index in [0.29, 0.717) is 19.4 Å². The minimum atomic E-state index is -4.61. The second kappa shape index (κ2) is 8.05. The van der Waals surface area contributed by atoms with E-state index in [1.165, 1.54) is 22.9 Å². The first-order valence-corrected chi connectivity index (χ1v) is 7.65. The molecule has 1 saturated heterocycles. The Morgan fingerprint density at radius 1 is 1.36 bits per heavy atom. The smallest absolute Gasteiger partial charge is 0.338 e. The highest BCUT2D eigenvalue weighted by Crippen LogP contribution is 2.34. The van der Waals surface area contributed by atoms with Crippen molar-refractivity contribution in [3.05, 3.63) is 29.3 Å². The maximum Gasteiger partial charge on any atom is 0.416 e. The SMILES string of the molecule is CC(CN)N(C)C(=O)c1cc(N2CCCC2=O)cc(C(F)(F)F)c1.Cl. The molecule has 0 aliphatic carbocycles. The van der Waals surface area contributed by atoms with E-state index in [4.69, 9.17) is 5.73 Å². The minimum Gasteiger partial charge on any atom is -0.338 e. The zero-order chi connectivity index (χ0) is 18.1. The van der Waals surface area contributed by atoms with Crippen LogP contribution in [0.15, 0.2) is 18.2 Å². The highest BCUT2D eigenvalue weighted by Gasteiger charge is 2.34. The summed E-state index contributed by atoms with van der Waals surface area (Å²) >= 11 is 0. The molecule has 0 spiro atoms. The van der Waals surface area contributed by atoms with Gasteiger partial charge in [0.05, 0.1) is 5.56 Å². The van der Waals surface area contributed by atoms with Crippen molar-refractivity contribution in [1.82, 2.24) is 4.90 Å². The van der Waals surface area contributed by atoms with Gasteiger partial charge in [-0.1, -0.05) is 0 Å². The summed E-state index contributed by atoms with van der Waals surface area (Å²) in [6.45, 7) is 2.25. The Morgan fingerprint density at radius 3 is 2.48 bits per heavy atom. The second-order valence-electron chi connectivity index (χ2n) is 5.92. The Balaban J connectivity index is 0.00000312. The van der Waals surface area contributed by atoms with Crippen molar-refractivity contribution in [3.63, 3.8) is 0 Å². The van der Waals surface area contributed by atoms with Gasteiger partial charge in [0.1, 0.15) is 0 Å². The van der Waals surface area contributed by atoms with Gasteiger partial charge < -0.3 is 15.5 Å². The van der Waals surface area contributed by atoms with E-state index < -0.39 is 17.6 Å². The summed E-state index contributed by atoms with van der Waals surface area (Å²) < 4.78 is 39.5. The lowest BCUT2D eigenvalue weighted by atomic mass is 10.1. The summed E-state index contributed by atoms with van der Waals surface area (Å²) in [5.41, 5.74) is 4.55. The molecule has 140 valence electrons. The van der Waals surface area contributed by atoms with Crippen LogP contribution in [0.25, 0.3) is 0 Å². The first-order valence-electron chi connectivity index (χ1n) is 7.65. The number of halogens is 4. The van der Waals surface area contributed by atoms with E-state index in [9.17, 15) is 22.8 Å². The van der Waals surface area contributed by atoms with Gasteiger partial charge in [0.2, 0.25) is 5.91 Å². The third-order valence-electron chi connectivity index (χ3n) is 4.20. The van der Waals surface area contributed by atoms with E-state index in [2.05, 4.69) is 0 Å². The lowest BCUT2D eigenvalue weighted by molar-refractivity contribution is -0.137. The molecule has 2 amide bonds. The molecule has 9 heteroatoms. The fraction of sp³-hybridized carbons (Fsp3) is 0.500. The van der Waals surface area contributed by atoms with Crippen molar-refractivity contribution >= 4 is 29.9 Å². The van der Waals surface area contributed by atoms with Crippen LogP contribution in [-0.2, 0) is 11.0 Å². The van der Waals surface area contributed by atoms with Gasteiger partial charge >= 0.3 is 6.18 Å². The number of rotatable bonds is 4. The lowest BCUT2D eigenvalue weighted by Gasteiger charge is -2.25. The van der Waals surface area contributed by atoms with Crippen LogP contribution in [0.2, 0.25) is 0 Å². The van der Waals surface area contributed by atoms with Crippen molar-refractivity contribution in [3.8, 4) is 0 Å². The van der Waals surface area contributed by atoms with Crippen LogP contribution in [0.3, 0.4) is 0 Å². The molecule has 0 radical (unpaired) electrons. The number of anilines is 1. The van der Waals surface area contributed by atoms with Crippen LogP contribution in [0, 0.1) is 0 Å². The van der Waals surface area contributed by atoms with Gasteiger partial charge in [-0.25, -0.2) is 0 Å². The topological polar surface area (TPSA) is 66.6 Å². The molecule has 1 atom stereocenters. The van der Waals surface area contributed by atoms with E-state index in [0.717, 1.165) is 12.1 Å². The minimum absolute atomic E-state index is 0. The number of alkyl halides is 3. The summed E-state index contributed by atoms with van der Waals surface area (Å²) in [4.78, 5) is 26.9. The van der Waals surface area contributed by atoms with E-state index in [1.807, 2.05) is 0 Å². The molecule has 0 bridgehead atoms. The number of amides is 2. The molecule has 1 aromatic carbocycles. The van der Waals surface area contributed by atoms with Crippen LogP contribution in [-0.4, -0.2) is 42.9 Å². The zero-order valence-electron chi connectivity index (χ0n) is 14.0. The number of benzene rings is 1. The molecule has 1 aliphatic heterocycles. The van der Waals surface area contributed by atoms with E-state index in [1.54, 1.807) is 6.92 Å². The normalized spacial score (nSPS) is 15.8. The molecule has 0 saturated carbocycles. The molecule has 2 N–H and O–H groups in total. The number of nitrogens with zero attached hydrogens (tertiary/aromatic N) is 2. The molecule has 1 unspecified atom stereocenters. The van der Waals surface area contributed by atoms with Gasteiger partial charge in [-0.3, -0.25) is 9.59 Å². The maximum atomic E-state index is 13.2. The Bertz CT molecular complexity index is 652. The molecule has 2 rings (SSSR count). The summed E-state index contributed by atoms with van der Waals surface area (Å²) in [5, 5.41) is 0. The molecule has 5 nitrogen and oxygen atoms in total. The van der Waals surface area contributed by atoms with Crippen LogP contribution < -0.4 is 10.6 Å². The van der Waals surface area contributed by atoms with Gasteiger partial charge in [0.15, 0.2) is 0 Å². The van der Waals surface area contributed by atoms with Crippen LogP contribution in [0.5, 0.6) is 0 Å². The largest absolute Gasteiger partial charge is 0.416 e. The van der Waals surface area contributed by atoms with Crippen molar-refractivity contribution in [2.24, 2.45) is 5.73 Å². The van der Waals surface area contributed by atoms with Crippen LogP contribution in [0.1, 0.15) is 35.7 Å². The van der Waals surface area contributed by atoms with Crippen molar-refractivity contribution in [2.45, 2.75) is 32.0 Å². The van der Waals surface area contributed by atoms with Crippen molar-refractivity contribution in [2.75, 3.05) is 25.0 Å². The predicted octanol–water partition coefficient (Wildman–Crippen LogP) is 2.67. The van der Waals surface area contributed by atoms with Gasteiger partial charge in [0.25, 0.3) is 5.91 Å². The number of carbonyl (C=O) groups is 2. The number of carbonyl (C=O) groups excluding carboxylic acids is 2. The average molecular weight is 380 g/mol. The zero-order valence-corrected chi connectivity index (χ0v) is 14.8. The highest BCUT2D eigenvalue weighted by molar-refractivity contribution is 5.99.